The zero-order chi connectivity index (χ0) is 9.56. The largest absolute Gasteiger partial charge is 0.161 e. The second-order valence-electron chi connectivity index (χ2n) is 3.30. The summed E-state index contributed by atoms with van der Waals surface area (Å²) in [4.78, 5) is 0. The van der Waals surface area contributed by atoms with Gasteiger partial charge < -0.3 is 0 Å². The van der Waals surface area contributed by atoms with Crippen LogP contribution in [0.5, 0.6) is 0 Å². The van der Waals surface area contributed by atoms with Gasteiger partial charge in [-0.25, -0.2) is 0 Å². The summed E-state index contributed by atoms with van der Waals surface area (Å²) in [6.07, 6.45) is 2.31. The molecule has 0 atom stereocenters. The van der Waals surface area contributed by atoms with Crippen molar-refractivity contribution in [3.8, 4) is 0 Å². The van der Waals surface area contributed by atoms with Crippen molar-refractivity contribution in [3.05, 3.63) is 0 Å². The summed E-state index contributed by atoms with van der Waals surface area (Å²) in [7, 11) is 0. The summed E-state index contributed by atoms with van der Waals surface area (Å²) in [6.45, 7) is 10.4. The molecule has 0 spiro atoms. The Bertz CT molecular complexity index is 172. The molecule has 0 bridgehead atoms. The lowest BCUT2D eigenvalue weighted by molar-refractivity contribution is 0.638. The Morgan fingerprint density at radius 2 is 1.50 bits per heavy atom. The van der Waals surface area contributed by atoms with Gasteiger partial charge in [0.25, 0.3) is 0 Å². The van der Waals surface area contributed by atoms with Crippen molar-refractivity contribution in [1.82, 2.24) is 0 Å². The van der Waals surface area contributed by atoms with E-state index in [2.05, 4.69) is 31.0 Å². The molecule has 0 aliphatic carbocycles. The molecule has 0 saturated heterocycles. The number of hydrogen-bond acceptors (Lipinski definition) is 2. The Balaban J connectivity index is 4.24. The van der Waals surface area contributed by atoms with Crippen LogP contribution in [0.3, 0.4) is 0 Å². The number of rotatable bonds is 4. The standard InChI is InChI=1S/C10H20N2/c1-6-10(7-2)9(5)12-11-8(3)4/h10H,6-7H2,1-5H3/b12-9+. The van der Waals surface area contributed by atoms with Crippen LogP contribution in [0.25, 0.3) is 0 Å². The summed E-state index contributed by atoms with van der Waals surface area (Å²) in [5, 5.41) is 8.22. The SMILES string of the molecule is CCC(CC)/C(C)=N/N=C(C)C. The van der Waals surface area contributed by atoms with Gasteiger partial charge in [0, 0.05) is 11.4 Å². The van der Waals surface area contributed by atoms with Crippen LogP contribution in [0.1, 0.15) is 47.5 Å². The number of nitrogens with zero attached hydrogens (tertiary/aromatic N) is 2. The van der Waals surface area contributed by atoms with Gasteiger partial charge in [0.15, 0.2) is 0 Å². The third-order valence-corrected chi connectivity index (χ3v) is 1.98. The second-order valence-corrected chi connectivity index (χ2v) is 3.30. The van der Waals surface area contributed by atoms with Crippen molar-refractivity contribution in [2.24, 2.45) is 16.1 Å². The van der Waals surface area contributed by atoms with E-state index in [0.29, 0.717) is 5.92 Å². The number of hydrogen-bond donors (Lipinski definition) is 0. The maximum atomic E-state index is 4.17. The van der Waals surface area contributed by atoms with Crippen molar-refractivity contribution < 1.29 is 0 Å². The van der Waals surface area contributed by atoms with Gasteiger partial charge in [0.05, 0.1) is 0 Å². The smallest absolute Gasteiger partial charge is 0.0405 e. The minimum Gasteiger partial charge on any atom is -0.161 e. The highest BCUT2D eigenvalue weighted by atomic mass is 15.2. The average Bonchev–Trinajstić information content (AvgIpc) is 2.03. The zero-order valence-electron chi connectivity index (χ0n) is 8.89. The van der Waals surface area contributed by atoms with Gasteiger partial charge in [0.1, 0.15) is 0 Å². The molecular formula is C10H20N2. The van der Waals surface area contributed by atoms with Crippen molar-refractivity contribution in [2.45, 2.75) is 47.5 Å². The van der Waals surface area contributed by atoms with Crippen LogP contribution in [0.2, 0.25) is 0 Å². The Kier molecular flexibility index (Phi) is 5.60. The van der Waals surface area contributed by atoms with Crippen LogP contribution in [0.15, 0.2) is 10.2 Å². The Labute approximate surface area is 75.8 Å². The maximum absolute atomic E-state index is 4.17. The maximum Gasteiger partial charge on any atom is 0.0405 e. The molecular weight excluding hydrogens is 148 g/mol. The van der Waals surface area contributed by atoms with Crippen LogP contribution >= 0.6 is 0 Å². The minimum atomic E-state index is 0.605. The van der Waals surface area contributed by atoms with Crippen molar-refractivity contribution in [1.29, 1.82) is 0 Å². The van der Waals surface area contributed by atoms with Crippen molar-refractivity contribution >= 4 is 11.4 Å². The van der Waals surface area contributed by atoms with Gasteiger partial charge in [-0.05, 0) is 39.5 Å². The molecule has 0 aromatic carbocycles. The van der Waals surface area contributed by atoms with E-state index in [1.54, 1.807) is 0 Å². The van der Waals surface area contributed by atoms with E-state index in [4.69, 9.17) is 0 Å². The first kappa shape index (κ1) is 11.3. The average molecular weight is 168 g/mol. The highest BCUT2D eigenvalue weighted by Crippen LogP contribution is 2.09. The van der Waals surface area contributed by atoms with Gasteiger partial charge in [-0.1, -0.05) is 13.8 Å². The first-order chi connectivity index (χ1) is 5.61. The fourth-order valence-corrected chi connectivity index (χ4v) is 1.14. The van der Waals surface area contributed by atoms with E-state index in [1.165, 1.54) is 0 Å². The van der Waals surface area contributed by atoms with Crippen LogP contribution in [-0.2, 0) is 0 Å². The van der Waals surface area contributed by atoms with Crippen LogP contribution in [-0.4, -0.2) is 11.4 Å². The first-order valence-corrected chi connectivity index (χ1v) is 4.67. The molecule has 0 unspecified atom stereocenters. The van der Waals surface area contributed by atoms with Gasteiger partial charge in [-0.15, -0.1) is 0 Å². The second kappa shape index (κ2) is 5.92. The van der Waals surface area contributed by atoms with Gasteiger partial charge >= 0.3 is 0 Å². The molecule has 0 N–H and O–H groups in total. The summed E-state index contributed by atoms with van der Waals surface area (Å²) in [6, 6.07) is 0. The highest BCUT2D eigenvalue weighted by Gasteiger charge is 2.05. The molecule has 0 aliphatic heterocycles. The summed E-state index contributed by atoms with van der Waals surface area (Å²) >= 11 is 0. The molecule has 0 rings (SSSR count). The van der Waals surface area contributed by atoms with E-state index in [0.717, 1.165) is 24.3 Å². The minimum absolute atomic E-state index is 0.605. The molecule has 0 aliphatic rings. The molecule has 2 nitrogen and oxygen atoms in total. The van der Waals surface area contributed by atoms with E-state index in [1.807, 2.05) is 13.8 Å². The molecule has 0 aromatic heterocycles. The quantitative estimate of drug-likeness (QED) is 0.454. The lowest BCUT2D eigenvalue weighted by atomic mass is 9.99. The van der Waals surface area contributed by atoms with Gasteiger partial charge in [-0.2, -0.15) is 10.2 Å². The Morgan fingerprint density at radius 3 is 1.83 bits per heavy atom. The topological polar surface area (TPSA) is 24.7 Å². The van der Waals surface area contributed by atoms with Crippen molar-refractivity contribution in [2.75, 3.05) is 0 Å². The molecule has 2 heteroatoms. The van der Waals surface area contributed by atoms with E-state index < -0.39 is 0 Å². The molecule has 0 saturated carbocycles. The van der Waals surface area contributed by atoms with E-state index >= 15 is 0 Å². The summed E-state index contributed by atoms with van der Waals surface area (Å²) < 4.78 is 0. The molecule has 0 heterocycles. The zero-order valence-corrected chi connectivity index (χ0v) is 8.89. The van der Waals surface area contributed by atoms with Crippen LogP contribution in [0.4, 0.5) is 0 Å². The Hall–Kier alpha value is -0.660. The highest BCUT2D eigenvalue weighted by molar-refractivity contribution is 5.86. The summed E-state index contributed by atoms with van der Waals surface area (Å²) in [5.74, 6) is 0.605. The monoisotopic (exact) mass is 168 g/mol. The molecule has 0 fully saturated rings. The predicted molar refractivity (Wildman–Crippen MR) is 56.0 cm³/mol. The van der Waals surface area contributed by atoms with Gasteiger partial charge in [0.2, 0.25) is 0 Å². The van der Waals surface area contributed by atoms with E-state index in [9.17, 15) is 0 Å². The normalized spacial score (nSPS) is 12.0. The molecule has 0 aromatic rings. The van der Waals surface area contributed by atoms with Crippen LogP contribution in [0, 0.1) is 5.92 Å². The van der Waals surface area contributed by atoms with Crippen molar-refractivity contribution in [3.63, 3.8) is 0 Å². The van der Waals surface area contributed by atoms with E-state index in [-0.39, 0.29) is 0 Å². The fraction of sp³-hybridized carbons (Fsp3) is 0.800. The molecule has 12 heavy (non-hydrogen) atoms. The predicted octanol–water partition coefficient (Wildman–Crippen LogP) is 3.28. The lowest BCUT2D eigenvalue weighted by Crippen LogP contribution is -2.08. The first-order valence-electron chi connectivity index (χ1n) is 4.67. The lowest BCUT2D eigenvalue weighted by Gasteiger charge is -2.09. The fourth-order valence-electron chi connectivity index (χ4n) is 1.14. The Morgan fingerprint density at radius 1 is 1.00 bits per heavy atom. The third kappa shape index (κ3) is 4.27. The van der Waals surface area contributed by atoms with Crippen LogP contribution < -0.4 is 0 Å². The molecule has 0 radical (unpaired) electrons. The van der Waals surface area contributed by atoms with Gasteiger partial charge in [-0.3, -0.25) is 0 Å². The molecule has 0 amide bonds. The third-order valence-electron chi connectivity index (χ3n) is 1.98. The summed E-state index contributed by atoms with van der Waals surface area (Å²) in [5.41, 5.74) is 2.17. The molecule has 70 valence electrons.